The molecule has 0 bridgehead atoms. The van der Waals surface area contributed by atoms with Crippen LogP contribution in [-0.2, 0) is 26.5 Å². The van der Waals surface area contributed by atoms with Gasteiger partial charge in [0.15, 0.2) is 0 Å². The lowest BCUT2D eigenvalue weighted by molar-refractivity contribution is 0.0220. The van der Waals surface area contributed by atoms with E-state index in [0.29, 0.717) is 12.5 Å². The predicted molar refractivity (Wildman–Crippen MR) is 115 cm³/mol. The Morgan fingerprint density at radius 3 is 2.73 bits per heavy atom. The zero-order valence-electron chi connectivity index (χ0n) is 17.6. The Hall–Kier alpha value is -1.20. The molecule has 3 heterocycles. The van der Waals surface area contributed by atoms with Crippen LogP contribution in [0.2, 0.25) is 0 Å². The third-order valence-electron chi connectivity index (χ3n) is 6.70. The molecule has 3 atom stereocenters. The van der Waals surface area contributed by atoms with Gasteiger partial charge in [0, 0.05) is 38.3 Å². The highest BCUT2D eigenvalue weighted by molar-refractivity contribution is 7.89. The number of rotatable bonds is 6. The first kappa shape index (κ1) is 22.0. The molecule has 1 N–H and O–H groups in total. The van der Waals surface area contributed by atoms with Gasteiger partial charge in [-0.15, -0.1) is 0 Å². The van der Waals surface area contributed by atoms with Crippen LogP contribution >= 0.6 is 0 Å². The smallest absolute Gasteiger partial charge is 0.215 e. The van der Waals surface area contributed by atoms with Crippen LogP contribution in [0, 0.1) is 5.92 Å². The fourth-order valence-corrected chi connectivity index (χ4v) is 7.61. The highest BCUT2D eigenvalue weighted by atomic mass is 32.2. The van der Waals surface area contributed by atoms with Gasteiger partial charge in [-0.1, -0.05) is 6.07 Å². The second-order valence-corrected chi connectivity index (χ2v) is 12.5. The van der Waals surface area contributed by atoms with Crippen LogP contribution in [0.15, 0.2) is 18.2 Å². The molecule has 4 rings (SSSR count). The minimum atomic E-state index is -3.53. The zero-order valence-corrected chi connectivity index (χ0v) is 19.2. The molecule has 0 unspecified atom stereocenters. The van der Waals surface area contributed by atoms with Gasteiger partial charge in [-0.3, -0.25) is 4.90 Å². The van der Waals surface area contributed by atoms with Gasteiger partial charge in [-0.25, -0.2) is 21.6 Å². The number of ether oxygens (including phenoxy) is 1. The van der Waals surface area contributed by atoms with Crippen LogP contribution in [-0.4, -0.2) is 77.4 Å². The molecule has 0 saturated carbocycles. The Balaban J connectivity index is 1.54. The van der Waals surface area contributed by atoms with E-state index >= 15 is 0 Å². The van der Waals surface area contributed by atoms with E-state index in [4.69, 9.17) is 4.74 Å². The molecule has 3 aliphatic rings. The molecule has 168 valence electrons. The van der Waals surface area contributed by atoms with Gasteiger partial charge in [0.2, 0.25) is 20.0 Å². The number of methoxy groups -OCH3 is 1. The van der Waals surface area contributed by atoms with E-state index in [2.05, 4.69) is 21.8 Å². The molecule has 0 aliphatic carbocycles. The molecular formula is C20H31N3O5S2. The number of nitrogens with one attached hydrogen (secondary N) is 1. The molecule has 1 aromatic rings. The second-order valence-electron chi connectivity index (χ2n) is 8.62. The Kier molecular flexibility index (Phi) is 6.15. The summed E-state index contributed by atoms with van der Waals surface area (Å²) in [5.74, 6) is 0.981. The molecule has 0 radical (unpaired) electrons. The van der Waals surface area contributed by atoms with E-state index in [1.54, 1.807) is 11.4 Å². The van der Waals surface area contributed by atoms with Gasteiger partial charge < -0.3 is 4.74 Å². The van der Waals surface area contributed by atoms with Crippen molar-refractivity contribution in [1.29, 1.82) is 0 Å². The van der Waals surface area contributed by atoms with Crippen molar-refractivity contribution in [2.75, 3.05) is 45.3 Å². The van der Waals surface area contributed by atoms with Crippen LogP contribution in [0.25, 0.3) is 0 Å². The van der Waals surface area contributed by atoms with E-state index in [1.807, 2.05) is 6.07 Å². The number of sulfonamides is 2. The van der Waals surface area contributed by atoms with Gasteiger partial charge in [-0.2, -0.15) is 4.31 Å². The molecule has 2 saturated heterocycles. The number of piperidine rings is 2. The summed E-state index contributed by atoms with van der Waals surface area (Å²) < 4.78 is 58.1. The van der Waals surface area contributed by atoms with Gasteiger partial charge in [0.1, 0.15) is 5.75 Å². The minimum absolute atomic E-state index is 0.0312. The van der Waals surface area contributed by atoms with Crippen LogP contribution in [0.3, 0.4) is 0 Å². The fraction of sp³-hybridized carbons (Fsp3) is 0.700. The molecule has 8 nitrogen and oxygen atoms in total. The number of benzene rings is 1. The standard InChI is InChI=1S/C20H31N3O5S2/c1-28-17-5-6-18-15(12-17)7-10-22-14-16-4-3-9-23(19(16)13-20(18)22)30(26,27)11-8-21-29(2,24)25/h5-6,12,16,19-21H,3-4,7-11,13-14H2,1-2H3/t16-,19+,20+/m1/s1. The summed E-state index contributed by atoms with van der Waals surface area (Å²) in [6.07, 6.45) is 4.70. The van der Waals surface area contributed by atoms with Crippen molar-refractivity contribution in [3.05, 3.63) is 29.3 Å². The van der Waals surface area contributed by atoms with E-state index < -0.39 is 20.0 Å². The monoisotopic (exact) mass is 457 g/mol. The van der Waals surface area contributed by atoms with Gasteiger partial charge in [0.05, 0.1) is 19.1 Å². The maximum atomic E-state index is 13.1. The number of fused-ring (bicyclic) bond motifs is 4. The summed E-state index contributed by atoms with van der Waals surface area (Å²) in [6.45, 7) is 2.32. The van der Waals surface area contributed by atoms with E-state index in [0.717, 1.165) is 50.8 Å². The highest BCUT2D eigenvalue weighted by Crippen LogP contribution is 2.44. The van der Waals surface area contributed by atoms with Gasteiger partial charge in [-0.05, 0) is 54.9 Å². The highest BCUT2D eigenvalue weighted by Gasteiger charge is 2.45. The fourth-order valence-electron chi connectivity index (χ4n) is 5.34. The number of hydrogen-bond donors (Lipinski definition) is 1. The zero-order chi connectivity index (χ0) is 21.5. The average molecular weight is 458 g/mol. The molecule has 10 heteroatoms. The lowest BCUT2D eigenvalue weighted by Crippen LogP contribution is -2.58. The van der Waals surface area contributed by atoms with Crippen molar-refractivity contribution < 1.29 is 21.6 Å². The maximum Gasteiger partial charge on any atom is 0.215 e. The van der Waals surface area contributed by atoms with Crippen molar-refractivity contribution in [3.63, 3.8) is 0 Å². The van der Waals surface area contributed by atoms with Crippen molar-refractivity contribution in [3.8, 4) is 5.75 Å². The first-order chi connectivity index (χ1) is 14.2. The summed E-state index contributed by atoms with van der Waals surface area (Å²) in [5, 5.41) is 0. The molecule has 2 fully saturated rings. The summed E-state index contributed by atoms with van der Waals surface area (Å²) in [7, 11) is -5.27. The lowest BCUT2D eigenvalue weighted by atomic mass is 9.77. The molecule has 3 aliphatic heterocycles. The molecule has 1 aromatic carbocycles. The first-order valence-electron chi connectivity index (χ1n) is 10.5. The van der Waals surface area contributed by atoms with Crippen molar-refractivity contribution >= 4 is 20.0 Å². The largest absolute Gasteiger partial charge is 0.497 e. The third kappa shape index (κ3) is 4.52. The van der Waals surface area contributed by atoms with Crippen LogP contribution in [0.1, 0.15) is 36.4 Å². The quantitative estimate of drug-likeness (QED) is 0.684. The summed E-state index contributed by atoms with van der Waals surface area (Å²) >= 11 is 0. The van der Waals surface area contributed by atoms with E-state index in [1.165, 1.54) is 11.1 Å². The summed E-state index contributed by atoms with van der Waals surface area (Å²) in [6, 6.07) is 6.40. The van der Waals surface area contributed by atoms with Gasteiger partial charge in [0.25, 0.3) is 0 Å². The van der Waals surface area contributed by atoms with Crippen LogP contribution < -0.4 is 9.46 Å². The Morgan fingerprint density at radius 2 is 2.00 bits per heavy atom. The predicted octanol–water partition coefficient (Wildman–Crippen LogP) is 0.958. The lowest BCUT2D eigenvalue weighted by Gasteiger charge is -2.51. The van der Waals surface area contributed by atoms with E-state index in [9.17, 15) is 16.8 Å². The third-order valence-corrected chi connectivity index (χ3v) is 9.32. The average Bonchev–Trinajstić information content (AvgIpc) is 2.70. The number of nitrogens with zero attached hydrogens (tertiary/aromatic N) is 2. The molecule has 0 amide bonds. The maximum absolute atomic E-state index is 13.1. The van der Waals surface area contributed by atoms with Crippen molar-refractivity contribution in [2.24, 2.45) is 5.92 Å². The Labute approximate surface area is 179 Å². The normalized spacial score (nSPS) is 27.7. The molecule has 0 aromatic heterocycles. The first-order valence-corrected chi connectivity index (χ1v) is 14.0. The summed E-state index contributed by atoms with van der Waals surface area (Å²) in [5.41, 5.74) is 2.57. The SMILES string of the molecule is COc1ccc2c(c1)CCN1C[C@H]3CCCN(S(=O)(=O)CCNS(C)(=O)=O)[C@H]3C[C@@H]21. The second kappa shape index (κ2) is 8.38. The summed E-state index contributed by atoms with van der Waals surface area (Å²) in [4.78, 5) is 2.51. The van der Waals surface area contributed by atoms with Crippen molar-refractivity contribution in [1.82, 2.24) is 13.9 Å². The number of hydrogen-bond acceptors (Lipinski definition) is 6. The van der Waals surface area contributed by atoms with Crippen LogP contribution in [0.5, 0.6) is 5.75 Å². The Bertz CT molecular complexity index is 996. The molecule has 0 spiro atoms. The Morgan fingerprint density at radius 1 is 1.20 bits per heavy atom. The molecule has 30 heavy (non-hydrogen) atoms. The van der Waals surface area contributed by atoms with Gasteiger partial charge >= 0.3 is 0 Å². The van der Waals surface area contributed by atoms with Crippen molar-refractivity contribution in [2.45, 2.75) is 37.8 Å². The molecular weight excluding hydrogens is 426 g/mol. The van der Waals surface area contributed by atoms with E-state index in [-0.39, 0.29) is 24.4 Å². The topological polar surface area (TPSA) is 96.0 Å². The van der Waals surface area contributed by atoms with Crippen LogP contribution in [0.4, 0.5) is 0 Å². The minimum Gasteiger partial charge on any atom is -0.497 e.